The molecule has 7 N–H and O–H groups in total. The fourth-order valence-electron chi connectivity index (χ4n) is 5.02. The number of carboxylic acids is 1. The minimum Gasteiger partial charge on any atom is -0.477 e. The van der Waals surface area contributed by atoms with E-state index < -0.39 is 90.0 Å². The Hall–Kier alpha value is -3.69. The summed E-state index contributed by atoms with van der Waals surface area (Å²) in [5, 5.41) is 56.0. The summed E-state index contributed by atoms with van der Waals surface area (Å²) in [5.41, 5.74) is -2.94. The van der Waals surface area contributed by atoms with Crippen molar-refractivity contribution in [3.8, 4) is 0 Å². The van der Waals surface area contributed by atoms with Gasteiger partial charge in [0.2, 0.25) is 5.91 Å². The first-order valence-corrected chi connectivity index (χ1v) is 14.1. The Labute approximate surface area is 262 Å². The Balaban J connectivity index is 1.96. The van der Waals surface area contributed by atoms with E-state index in [4.69, 9.17) is 18.9 Å². The van der Waals surface area contributed by atoms with Gasteiger partial charge in [0.15, 0.2) is 12.5 Å². The number of ether oxygens (including phenoxy) is 4. The van der Waals surface area contributed by atoms with Crippen molar-refractivity contribution in [2.75, 3.05) is 34.3 Å². The molecule has 1 saturated heterocycles. The van der Waals surface area contributed by atoms with Crippen molar-refractivity contribution in [3.63, 3.8) is 0 Å². The van der Waals surface area contributed by atoms with Crippen molar-refractivity contribution >= 4 is 18.0 Å². The molecule has 0 radical (unpaired) electrons. The molecule has 258 valence electrons. The fourth-order valence-corrected chi connectivity index (χ4v) is 5.02. The fraction of sp³-hybridized carbons (Fsp3) is 0.667. The van der Waals surface area contributed by atoms with Crippen molar-refractivity contribution in [3.05, 3.63) is 44.9 Å². The van der Waals surface area contributed by atoms with Gasteiger partial charge in [-0.05, 0) is 33.9 Å². The number of nitrogens with one attached hydrogen (secondary N) is 2. The van der Waals surface area contributed by atoms with Crippen molar-refractivity contribution in [2.24, 2.45) is 0 Å². The summed E-state index contributed by atoms with van der Waals surface area (Å²) in [7, 11) is 3.78. The zero-order valence-corrected chi connectivity index (χ0v) is 26.1. The molecule has 46 heavy (non-hydrogen) atoms. The van der Waals surface area contributed by atoms with Crippen LogP contribution in [0.5, 0.6) is 0 Å². The van der Waals surface area contributed by atoms with E-state index >= 15 is 0 Å². The maximum Gasteiger partial charge on any atom is 0.407 e. The van der Waals surface area contributed by atoms with Gasteiger partial charge in [0, 0.05) is 39.5 Å². The lowest BCUT2D eigenvalue weighted by Gasteiger charge is -2.39. The predicted molar refractivity (Wildman–Crippen MR) is 154 cm³/mol. The van der Waals surface area contributed by atoms with Gasteiger partial charge in [0.1, 0.15) is 54.0 Å². The number of methoxy groups -OCH3 is 1. The third-order valence-electron chi connectivity index (χ3n) is 7.37. The molecule has 1 aromatic rings. The summed E-state index contributed by atoms with van der Waals surface area (Å²) in [5.74, 6) is -2.30. The summed E-state index contributed by atoms with van der Waals surface area (Å²) >= 11 is 0. The molecule has 3 heterocycles. The van der Waals surface area contributed by atoms with Gasteiger partial charge in [-0.25, -0.2) is 14.4 Å². The molecule has 19 heteroatoms. The van der Waals surface area contributed by atoms with Crippen LogP contribution >= 0.6 is 0 Å². The lowest BCUT2D eigenvalue weighted by atomic mass is 9.97. The molecule has 1 fully saturated rings. The number of likely N-dealkylation sites (N-methyl/N-ethyl adjacent to an activating group) is 2. The normalized spacial score (nSPS) is 26.9. The SMILES string of the molecule is COC(CNC(=O)OC(C)(C)C)C(O)C(O)O[C@H](C1OC(n2ccc(=O)[nH]c2=O)C(O)C1O)[C@H]1C(=O)N(C)C(C(=O)O)=CCN1C. The van der Waals surface area contributed by atoms with Crippen LogP contribution < -0.4 is 16.6 Å². The van der Waals surface area contributed by atoms with Crippen LogP contribution in [-0.2, 0) is 28.5 Å². The second-order valence-corrected chi connectivity index (χ2v) is 11.8. The number of aliphatic carboxylic acids is 1. The smallest absolute Gasteiger partial charge is 0.407 e. The second-order valence-electron chi connectivity index (χ2n) is 11.8. The molecule has 0 spiro atoms. The number of carboxylic acid groups (broad SMARTS) is 1. The van der Waals surface area contributed by atoms with Crippen LogP contribution in [0.2, 0.25) is 0 Å². The van der Waals surface area contributed by atoms with E-state index in [-0.39, 0.29) is 18.8 Å². The van der Waals surface area contributed by atoms with E-state index in [9.17, 15) is 49.5 Å². The molecule has 3 rings (SSSR count). The van der Waals surface area contributed by atoms with Crippen LogP contribution in [0, 0.1) is 0 Å². The first-order valence-electron chi connectivity index (χ1n) is 14.1. The number of aliphatic hydroxyl groups excluding tert-OH is 4. The Morgan fingerprint density at radius 2 is 1.80 bits per heavy atom. The lowest BCUT2D eigenvalue weighted by molar-refractivity contribution is -0.245. The number of rotatable bonds is 11. The van der Waals surface area contributed by atoms with Crippen molar-refractivity contribution in [1.82, 2.24) is 24.7 Å². The Morgan fingerprint density at radius 1 is 1.15 bits per heavy atom. The third-order valence-corrected chi connectivity index (χ3v) is 7.37. The molecule has 0 aliphatic carbocycles. The Kier molecular flexibility index (Phi) is 11.8. The number of carbonyl (C=O) groups is 3. The third kappa shape index (κ3) is 8.36. The highest BCUT2D eigenvalue weighted by Crippen LogP contribution is 2.34. The van der Waals surface area contributed by atoms with E-state index in [1.165, 1.54) is 32.2 Å². The van der Waals surface area contributed by atoms with Gasteiger partial charge in [-0.3, -0.25) is 24.0 Å². The standard InChI is InChI=1S/C27H41N5O14/c1-27(2,3)46-26(42)28-11-13(43-6)16(34)24(40)45-19(15-21(37)31(5)12(23(38)39)7-9-30(15)4)20-17(35)18(36)22(44-20)32-10-8-14(33)29-25(32)41/h7-8,10,13,15-20,22,24,34-36,40H,9,11H2,1-6H3,(H,28,42)(H,38,39)(H,29,33,41)/t13?,15-,16?,17?,18?,19-,20?,22?,24?/m0/s1. The lowest BCUT2D eigenvalue weighted by Crippen LogP contribution is -2.60. The number of nitrogens with zero attached hydrogens (tertiary/aromatic N) is 3. The average molecular weight is 660 g/mol. The number of hydrogen-bond donors (Lipinski definition) is 7. The van der Waals surface area contributed by atoms with Crippen LogP contribution in [-0.4, -0.2) is 152 Å². The monoisotopic (exact) mass is 659 g/mol. The van der Waals surface area contributed by atoms with Crippen molar-refractivity contribution < 1.29 is 58.9 Å². The molecule has 0 bridgehead atoms. The highest BCUT2D eigenvalue weighted by Gasteiger charge is 2.54. The number of aromatic nitrogens is 2. The topological polar surface area (TPSA) is 263 Å². The maximum atomic E-state index is 13.7. The Bertz CT molecular complexity index is 1410. The van der Waals surface area contributed by atoms with E-state index in [1.807, 2.05) is 4.98 Å². The molecular formula is C27H41N5O14. The summed E-state index contributed by atoms with van der Waals surface area (Å²) in [4.78, 5) is 65.8. The molecule has 2 amide bonds. The number of aliphatic hydroxyl groups is 4. The number of aromatic amines is 1. The van der Waals surface area contributed by atoms with Gasteiger partial charge >= 0.3 is 17.8 Å². The molecule has 0 saturated carbocycles. The van der Waals surface area contributed by atoms with Gasteiger partial charge in [0.25, 0.3) is 5.56 Å². The minimum atomic E-state index is -2.19. The van der Waals surface area contributed by atoms with Crippen LogP contribution in [0.15, 0.2) is 33.6 Å². The van der Waals surface area contributed by atoms with Crippen molar-refractivity contribution in [1.29, 1.82) is 0 Å². The molecule has 19 nitrogen and oxygen atoms in total. The van der Waals surface area contributed by atoms with Gasteiger partial charge in [-0.1, -0.05) is 0 Å². The summed E-state index contributed by atoms with van der Waals surface area (Å²) in [6.45, 7) is 4.40. The van der Waals surface area contributed by atoms with E-state index in [0.29, 0.717) is 0 Å². The van der Waals surface area contributed by atoms with Crippen LogP contribution in [0.25, 0.3) is 0 Å². The predicted octanol–water partition coefficient (Wildman–Crippen LogP) is -3.50. The summed E-state index contributed by atoms with van der Waals surface area (Å²) < 4.78 is 22.8. The quantitative estimate of drug-likeness (QED) is 0.114. The van der Waals surface area contributed by atoms with Crippen LogP contribution in [0.3, 0.4) is 0 Å². The highest BCUT2D eigenvalue weighted by molar-refractivity contribution is 5.95. The van der Waals surface area contributed by atoms with E-state index in [0.717, 1.165) is 21.7 Å². The van der Waals surface area contributed by atoms with Crippen LogP contribution in [0.1, 0.15) is 27.0 Å². The Morgan fingerprint density at radius 3 is 2.37 bits per heavy atom. The number of alkyl carbamates (subject to hydrolysis) is 1. The first kappa shape index (κ1) is 36.8. The largest absolute Gasteiger partial charge is 0.477 e. The van der Waals surface area contributed by atoms with Crippen LogP contribution in [0.4, 0.5) is 4.79 Å². The summed E-state index contributed by atoms with van der Waals surface area (Å²) in [6.07, 6.45) is -12.8. The molecule has 9 atom stereocenters. The average Bonchev–Trinajstić information content (AvgIpc) is 3.18. The molecule has 2 aliphatic rings. The number of hydrogen-bond acceptors (Lipinski definition) is 14. The minimum absolute atomic E-state index is 0.143. The van der Waals surface area contributed by atoms with Gasteiger partial charge in [0.05, 0.1) is 0 Å². The first-order chi connectivity index (χ1) is 21.4. The zero-order chi connectivity index (χ0) is 34.7. The number of carbonyl (C=O) groups excluding carboxylic acids is 2. The number of H-pyrrole nitrogens is 1. The van der Waals surface area contributed by atoms with E-state index in [1.54, 1.807) is 20.8 Å². The molecule has 0 aromatic carbocycles. The van der Waals surface area contributed by atoms with Crippen molar-refractivity contribution in [2.45, 2.75) is 81.6 Å². The number of amides is 2. The zero-order valence-electron chi connectivity index (χ0n) is 26.1. The van der Waals surface area contributed by atoms with Gasteiger partial charge < -0.3 is 54.7 Å². The second kappa shape index (κ2) is 14.8. The maximum absolute atomic E-state index is 13.7. The summed E-state index contributed by atoms with van der Waals surface area (Å²) in [6, 6.07) is -0.545. The van der Waals surface area contributed by atoms with Gasteiger partial charge in [-0.15, -0.1) is 0 Å². The molecular weight excluding hydrogens is 618 g/mol. The molecule has 7 unspecified atom stereocenters. The molecule has 2 aliphatic heterocycles. The molecule has 1 aromatic heterocycles. The van der Waals surface area contributed by atoms with E-state index in [2.05, 4.69) is 5.32 Å². The highest BCUT2D eigenvalue weighted by atomic mass is 16.7. The van der Waals surface area contributed by atoms with Gasteiger partial charge in [-0.2, -0.15) is 0 Å².